The normalized spacial score (nSPS) is 15.3. The van der Waals surface area contributed by atoms with Crippen LogP contribution in [0.1, 0.15) is 52.1 Å². The Hall–Kier alpha value is -2.42. The molecular weight excluding hydrogens is 379 g/mol. The van der Waals surface area contributed by atoms with Gasteiger partial charge < -0.3 is 4.90 Å². The number of anilines is 1. The summed E-state index contributed by atoms with van der Waals surface area (Å²) in [6.07, 6.45) is -0.424. The van der Waals surface area contributed by atoms with Gasteiger partial charge in [0.2, 0.25) is 0 Å². The Kier molecular flexibility index (Phi) is 5.79. The number of thiazole rings is 1. The zero-order valence-electron chi connectivity index (χ0n) is 14.4. The quantitative estimate of drug-likeness (QED) is 0.833. The molecule has 1 aliphatic rings. The third kappa shape index (κ3) is 4.85. The average Bonchev–Trinajstić information content (AvgIpc) is 2.93. The average molecular weight is 397 g/mol. The van der Waals surface area contributed by atoms with Crippen molar-refractivity contribution >= 4 is 28.3 Å². The highest BCUT2D eigenvalue weighted by atomic mass is 32.1. The second-order valence-corrected chi connectivity index (χ2v) is 7.14. The van der Waals surface area contributed by atoms with Gasteiger partial charge in [0, 0.05) is 24.0 Å². The monoisotopic (exact) mass is 397 g/mol. The number of carbonyl (C=O) groups excluding carboxylic acids is 2. The van der Waals surface area contributed by atoms with E-state index in [2.05, 4.69) is 10.3 Å². The van der Waals surface area contributed by atoms with E-state index in [9.17, 15) is 22.8 Å². The second-order valence-electron chi connectivity index (χ2n) is 6.28. The maximum atomic E-state index is 12.8. The molecule has 3 rings (SSSR count). The summed E-state index contributed by atoms with van der Waals surface area (Å²) in [7, 11) is 0. The van der Waals surface area contributed by atoms with Crippen molar-refractivity contribution in [2.24, 2.45) is 0 Å². The van der Waals surface area contributed by atoms with Crippen LogP contribution < -0.4 is 5.32 Å². The first-order chi connectivity index (χ1) is 12.8. The van der Waals surface area contributed by atoms with Crippen molar-refractivity contribution in [3.05, 3.63) is 46.5 Å². The minimum absolute atomic E-state index is 0.125. The summed E-state index contributed by atoms with van der Waals surface area (Å²) in [5, 5.41) is 4.18. The van der Waals surface area contributed by atoms with Crippen molar-refractivity contribution in [3.63, 3.8) is 0 Å². The Morgan fingerprint density at radius 2 is 1.81 bits per heavy atom. The molecule has 1 fully saturated rings. The fourth-order valence-electron chi connectivity index (χ4n) is 2.87. The summed E-state index contributed by atoms with van der Waals surface area (Å²) in [4.78, 5) is 30.6. The van der Waals surface area contributed by atoms with E-state index in [4.69, 9.17) is 0 Å². The predicted molar refractivity (Wildman–Crippen MR) is 95.9 cm³/mol. The second kappa shape index (κ2) is 8.08. The van der Waals surface area contributed by atoms with Gasteiger partial charge in [-0.15, -0.1) is 11.3 Å². The summed E-state index contributed by atoms with van der Waals surface area (Å²) in [6.45, 7) is 1.37. The van der Waals surface area contributed by atoms with Gasteiger partial charge in [-0.3, -0.25) is 14.9 Å². The van der Waals surface area contributed by atoms with Crippen molar-refractivity contribution in [1.82, 2.24) is 9.88 Å². The molecule has 1 N–H and O–H groups in total. The number of rotatable bonds is 3. The van der Waals surface area contributed by atoms with Crippen molar-refractivity contribution in [3.8, 4) is 0 Å². The van der Waals surface area contributed by atoms with Crippen LogP contribution in [-0.2, 0) is 6.18 Å². The first kappa shape index (κ1) is 19.3. The molecule has 2 amide bonds. The molecule has 1 aromatic carbocycles. The molecule has 9 heteroatoms. The van der Waals surface area contributed by atoms with E-state index in [1.54, 1.807) is 10.3 Å². The van der Waals surface area contributed by atoms with E-state index in [0.29, 0.717) is 13.1 Å². The molecule has 27 heavy (non-hydrogen) atoms. The Morgan fingerprint density at radius 3 is 2.48 bits per heavy atom. The number of amides is 2. The number of hydrogen-bond donors (Lipinski definition) is 1. The molecule has 2 aromatic rings. The number of benzene rings is 1. The number of carbonyl (C=O) groups is 2. The van der Waals surface area contributed by atoms with E-state index in [0.717, 1.165) is 49.2 Å². The SMILES string of the molecule is O=C(Nc1nc(C(=O)N2CCCCCC2)cs1)c1cccc(C(F)(F)F)c1. The number of likely N-dealkylation sites (tertiary alicyclic amines) is 1. The molecule has 0 atom stereocenters. The van der Waals surface area contributed by atoms with Gasteiger partial charge in [-0.2, -0.15) is 13.2 Å². The largest absolute Gasteiger partial charge is 0.416 e. The number of nitrogens with one attached hydrogen (secondary N) is 1. The standard InChI is InChI=1S/C18H18F3N3O2S/c19-18(20,21)13-7-5-6-12(10-13)15(25)23-17-22-14(11-27-17)16(26)24-8-3-1-2-4-9-24/h5-7,10-11H,1-4,8-9H2,(H,22,23,25). The van der Waals surface area contributed by atoms with E-state index in [1.807, 2.05) is 0 Å². The van der Waals surface area contributed by atoms with Crippen LogP contribution in [0.15, 0.2) is 29.6 Å². The number of halogens is 3. The van der Waals surface area contributed by atoms with Crippen LogP contribution in [0.5, 0.6) is 0 Å². The molecular formula is C18H18F3N3O2S. The van der Waals surface area contributed by atoms with Crippen molar-refractivity contribution in [2.75, 3.05) is 18.4 Å². The minimum Gasteiger partial charge on any atom is -0.337 e. The Labute approximate surface area is 158 Å². The van der Waals surface area contributed by atoms with Gasteiger partial charge in [0.15, 0.2) is 5.13 Å². The summed E-state index contributed by atoms with van der Waals surface area (Å²) in [6, 6.07) is 4.15. The lowest BCUT2D eigenvalue weighted by Gasteiger charge is -2.18. The van der Waals surface area contributed by atoms with Crippen LogP contribution in [0.25, 0.3) is 0 Å². The lowest BCUT2D eigenvalue weighted by molar-refractivity contribution is -0.137. The molecule has 0 saturated carbocycles. The van der Waals surface area contributed by atoms with Crippen molar-refractivity contribution in [1.29, 1.82) is 0 Å². The molecule has 0 spiro atoms. The van der Waals surface area contributed by atoms with Gasteiger partial charge in [0.05, 0.1) is 5.56 Å². The van der Waals surface area contributed by atoms with Gasteiger partial charge >= 0.3 is 6.18 Å². The molecule has 0 bridgehead atoms. The highest BCUT2D eigenvalue weighted by Crippen LogP contribution is 2.29. The number of alkyl halides is 3. The van der Waals surface area contributed by atoms with Gasteiger partial charge in [-0.1, -0.05) is 18.9 Å². The van der Waals surface area contributed by atoms with E-state index in [1.165, 1.54) is 12.1 Å². The lowest BCUT2D eigenvalue weighted by atomic mass is 10.1. The molecule has 1 aliphatic heterocycles. The van der Waals surface area contributed by atoms with Crippen LogP contribution in [0, 0.1) is 0 Å². The van der Waals surface area contributed by atoms with Crippen LogP contribution in [0.2, 0.25) is 0 Å². The summed E-state index contributed by atoms with van der Waals surface area (Å²) in [5.74, 6) is -0.892. The van der Waals surface area contributed by atoms with Crippen LogP contribution >= 0.6 is 11.3 Å². The van der Waals surface area contributed by atoms with Gasteiger partial charge in [0.1, 0.15) is 5.69 Å². The molecule has 144 valence electrons. The van der Waals surface area contributed by atoms with Crippen LogP contribution in [-0.4, -0.2) is 34.8 Å². The molecule has 1 saturated heterocycles. The highest BCUT2D eigenvalue weighted by Gasteiger charge is 2.31. The summed E-state index contributed by atoms with van der Waals surface area (Å²) in [5.41, 5.74) is -0.784. The molecule has 0 unspecified atom stereocenters. The van der Waals surface area contributed by atoms with Crippen LogP contribution in [0.3, 0.4) is 0 Å². The number of nitrogens with zero attached hydrogens (tertiary/aromatic N) is 2. The fraction of sp³-hybridized carbons (Fsp3) is 0.389. The van der Waals surface area contributed by atoms with Crippen LogP contribution in [0.4, 0.5) is 18.3 Å². The maximum absolute atomic E-state index is 12.8. The Morgan fingerprint density at radius 1 is 1.11 bits per heavy atom. The molecule has 5 nitrogen and oxygen atoms in total. The Bertz CT molecular complexity index is 827. The van der Waals surface area contributed by atoms with Gasteiger partial charge in [-0.05, 0) is 31.0 Å². The minimum atomic E-state index is -4.52. The van der Waals surface area contributed by atoms with E-state index in [-0.39, 0.29) is 22.3 Å². The molecule has 1 aromatic heterocycles. The lowest BCUT2D eigenvalue weighted by Crippen LogP contribution is -2.32. The topological polar surface area (TPSA) is 62.3 Å². The molecule has 0 radical (unpaired) electrons. The first-order valence-corrected chi connectivity index (χ1v) is 9.46. The van der Waals surface area contributed by atoms with Gasteiger partial charge in [0.25, 0.3) is 11.8 Å². The Balaban J connectivity index is 1.68. The maximum Gasteiger partial charge on any atom is 0.416 e. The number of hydrogen-bond acceptors (Lipinski definition) is 4. The van der Waals surface area contributed by atoms with Crippen molar-refractivity contribution in [2.45, 2.75) is 31.9 Å². The predicted octanol–water partition coefficient (Wildman–Crippen LogP) is 4.43. The van der Waals surface area contributed by atoms with E-state index < -0.39 is 17.6 Å². The third-order valence-electron chi connectivity index (χ3n) is 4.29. The van der Waals surface area contributed by atoms with E-state index >= 15 is 0 Å². The first-order valence-electron chi connectivity index (χ1n) is 8.58. The zero-order chi connectivity index (χ0) is 19.4. The highest BCUT2D eigenvalue weighted by molar-refractivity contribution is 7.14. The molecule has 0 aliphatic carbocycles. The zero-order valence-corrected chi connectivity index (χ0v) is 15.2. The van der Waals surface area contributed by atoms with Gasteiger partial charge in [-0.25, -0.2) is 4.98 Å². The number of aromatic nitrogens is 1. The van der Waals surface area contributed by atoms with Crippen molar-refractivity contribution < 1.29 is 22.8 Å². The fourth-order valence-corrected chi connectivity index (χ4v) is 3.55. The smallest absolute Gasteiger partial charge is 0.337 e. The summed E-state index contributed by atoms with van der Waals surface area (Å²) < 4.78 is 38.3. The molecule has 2 heterocycles. The third-order valence-corrected chi connectivity index (χ3v) is 5.05. The summed E-state index contributed by atoms with van der Waals surface area (Å²) >= 11 is 1.07.